The van der Waals surface area contributed by atoms with Crippen LogP contribution in [0.15, 0.2) is 18.2 Å². The minimum absolute atomic E-state index is 0.711. The predicted molar refractivity (Wildman–Crippen MR) is 68.1 cm³/mol. The van der Waals surface area contributed by atoms with Gasteiger partial charge in [0, 0.05) is 25.2 Å². The maximum Gasteiger partial charge on any atom is 0.213 e. The quantitative estimate of drug-likeness (QED) is 0.772. The van der Waals surface area contributed by atoms with E-state index < -0.39 is 0 Å². The summed E-state index contributed by atoms with van der Waals surface area (Å²) in [7, 11) is 4.08. The van der Waals surface area contributed by atoms with Crippen LogP contribution in [0.3, 0.4) is 0 Å². The number of ether oxygens (including phenoxy) is 1. The van der Waals surface area contributed by atoms with Gasteiger partial charge in [0.25, 0.3) is 0 Å². The molecule has 2 rings (SSSR count). The molecule has 0 radical (unpaired) electrons. The lowest BCUT2D eigenvalue weighted by atomic mass is 10.3. The molecule has 0 aromatic carbocycles. The highest BCUT2D eigenvalue weighted by Crippen LogP contribution is 2.24. The Morgan fingerprint density at radius 3 is 3.00 bits per heavy atom. The summed E-state index contributed by atoms with van der Waals surface area (Å²) < 4.78 is 5.66. The molecule has 1 N–H and O–H groups in total. The molecule has 1 aliphatic rings. The lowest BCUT2D eigenvalue weighted by Gasteiger charge is -2.15. The summed E-state index contributed by atoms with van der Waals surface area (Å²) in [5, 5.41) is 3.08. The fraction of sp³-hybridized carbons (Fsp3) is 0.615. The van der Waals surface area contributed by atoms with Crippen molar-refractivity contribution in [1.29, 1.82) is 0 Å². The first kappa shape index (κ1) is 12.3. The third-order valence-corrected chi connectivity index (χ3v) is 3.00. The molecule has 1 aliphatic carbocycles. The van der Waals surface area contributed by atoms with Crippen molar-refractivity contribution in [2.75, 3.05) is 27.2 Å². The van der Waals surface area contributed by atoms with Gasteiger partial charge < -0.3 is 15.0 Å². The highest BCUT2D eigenvalue weighted by Gasteiger charge is 2.25. The van der Waals surface area contributed by atoms with E-state index in [1.807, 2.05) is 25.2 Å². The molecule has 4 heteroatoms. The van der Waals surface area contributed by atoms with Crippen molar-refractivity contribution in [1.82, 2.24) is 15.2 Å². The molecule has 1 saturated carbocycles. The molecule has 1 aromatic heterocycles. The van der Waals surface area contributed by atoms with Gasteiger partial charge in [-0.05, 0) is 33.0 Å². The smallest absolute Gasteiger partial charge is 0.213 e. The summed E-state index contributed by atoms with van der Waals surface area (Å²) in [5.41, 5.74) is 1.01. The molecular formula is C13H21N3O. The lowest BCUT2D eigenvalue weighted by Crippen LogP contribution is -2.26. The predicted octanol–water partition coefficient (Wildman–Crippen LogP) is 1.27. The highest BCUT2D eigenvalue weighted by molar-refractivity contribution is 5.15. The van der Waals surface area contributed by atoms with Gasteiger partial charge in [-0.15, -0.1) is 0 Å². The maximum atomic E-state index is 5.66. The Kier molecular flexibility index (Phi) is 4.34. The number of nitrogens with one attached hydrogen (secondary N) is 1. The van der Waals surface area contributed by atoms with Crippen LogP contribution in [0.1, 0.15) is 18.5 Å². The Hall–Kier alpha value is -1.13. The average molecular weight is 235 g/mol. The van der Waals surface area contributed by atoms with Gasteiger partial charge in [0.15, 0.2) is 0 Å². The van der Waals surface area contributed by atoms with Crippen LogP contribution in [0.2, 0.25) is 0 Å². The zero-order valence-electron chi connectivity index (χ0n) is 10.6. The van der Waals surface area contributed by atoms with E-state index in [2.05, 4.69) is 22.2 Å². The normalized spacial score (nSPS) is 15.2. The number of hydrogen-bond donors (Lipinski definition) is 1. The van der Waals surface area contributed by atoms with E-state index >= 15 is 0 Å². The summed E-state index contributed by atoms with van der Waals surface area (Å²) in [6, 6.07) is 6.69. The van der Waals surface area contributed by atoms with Crippen molar-refractivity contribution < 1.29 is 4.74 Å². The molecule has 94 valence electrons. The molecule has 4 nitrogen and oxygen atoms in total. The molecule has 0 amide bonds. The van der Waals surface area contributed by atoms with Crippen molar-refractivity contribution in [2.24, 2.45) is 0 Å². The molecule has 0 saturated heterocycles. The van der Waals surface area contributed by atoms with Crippen molar-refractivity contribution >= 4 is 0 Å². The van der Waals surface area contributed by atoms with Crippen molar-refractivity contribution in [3.63, 3.8) is 0 Å². The average Bonchev–Trinajstić information content (AvgIpc) is 3.14. The SMILES string of the molecule is CNCc1cccc(OCCN(C)C2CC2)n1. The molecule has 1 heterocycles. The first-order valence-corrected chi connectivity index (χ1v) is 6.23. The van der Waals surface area contributed by atoms with Gasteiger partial charge in [0.2, 0.25) is 5.88 Å². The minimum Gasteiger partial charge on any atom is -0.476 e. The second-order valence-electron chi connectivity index (χ2n) is 4.56. The molecule has 0 bridgehead atoms. The van der Waals surface area contributed by atoms with Crippen LogP contribution in [0.5, 0.6) is 5.88 Å². The van der Waals surface area contributed by atoms with E-state index in [-0.39, 0.29) is 0 Å². The first-order chi connectivity index (χ1) is 8.29. The van der Waals surface area contributed by atoms with Gasteiger partial charge in [0.1, 0.15) is 6.61 Å². The fourth-order valence-corrected chi connectivity index (χ4v) is 1.81. The molecule has 0 unspecified atom stereocenters. The van der Waals surface area contributed by atoms with E-state index in [9.17, 15) is 0 Å². The van der Waals surface area contributed by atoms with Crippen LogP contribution >= 0.6 is 0 Å². The fourth-order valence-electron chi connectivity index (χ4n) is 1.81. The molecule has 17 heavy (non-hydrogen) atoms. The molecule has 1 fully saturated rings. The topological polar surface area (TPSA) is 37.4 Å². The molecule has 0 atom stereocenters. The van der Waals surface area contributed by atoms with Gasteiger partial charge in [-0.3, -0.25) is 0 Å². The molecular weight excluding hydrogens is 214 g/mol. The third kappa shape index (κ3) is 3.98. The Balaban J connectivity index is 1.75. The second kappa shape index (κ2) is 5.98. The summed E-state index contributed by atoms with van der Waals surface area (Å²) in [5.74, 6) is 0.724. The number of hydrogen-bond acceptors (Lipinski definition) is 4. The van der Waals surface area contributed by atoms with Crippen LogP contribution in [0, 0.1) is 0 Å². The van der Waals surface area contributed by atoms with Gasteiger partial charge in [-0.1, -0.05) is 6.07 Å². The van der Waals surface area contributed by atoms with E-state index in [1.165, 1.54) is 12.8 Å². The van der Waals surface area contributed by atoms with E-state index in [0.717, 1.165) is 30.7 Å². The van der Waals surface area contributed by atoms with Crippen molar-refractivity contribution in [2.45, 2.75) is 25.4 Å². The summed E-state index contributed by atoms with van der Waals surface area (Å²) in [6.07, 6.45) is 2.68. The van der Waals surface area contributed by atoms with Crippen molar-refractivity contribution in [3.05, 3.63) is 23.9 Å². The molecule has 1 aromatic rings. The van der Waals surface area contributed by atoms with Crippen LogP contribution in [-0.4, -0.2) is 43.2 Å². The van der Waals surface area contributed by atoms with Crippen LogP contribution in [0.4, 0.5) is 0 Å². The first-order valence-electron chi connectivity index (χ1n) is 6.23. The monoisotopic (exact) mass is 235 g/mol. The Labute approximate surface area is 103 Å². The number of rotatable bonds is 7. The summed E-state index contributed by atoms with van der Waals surface area (Å²) in [6.45, 7) is 2.46. The zero-order chi connectivity index (χ0) is 12.1. The van der Waals surface area contributed by atoms with Gasteiger partial charge in [-0.2, -0.15) is 0 Å². The largest absolute Gasteiger partial charge is 0.476 e. The van der Waals surface area contributed by atoms with Crippen LogP contribution < -0.4 is 10.1 Å². The molecule has 0 spiro atoms. The Morgan fingerprint density at radius 1 is 1.47 bits per heavy atom. The van der Waals surface area contributed by atoms with Crippen LogP contribution in [0.25, 0.3) is 0 Å². The van der Waals surface area contributed by atoms with Crippen LogP contribution in [-0.2, 0) is 6.54 Å². The van der Waals surface area contributed by atoms with Gasteiger partial charge in [-0.25, -0.2) is 4.98 Å². The molecule has 0 aliphatic heterocycles. The van der Waals surface area contributed by atoms with Gasteiger partial charge in [0.05, 0.1) is 5.69 Å². The van der Waals surface area contributed by atoms with E-state index in [0.29, 0.717) is 6.61 Å². The number of likely N-dealkylation sites (N-methyl/N-ethyl adjacent to an activating group) is 1. The Morgan fingerprint density at radius 2 is 2.29 bits per heavy atom. The standard InChI is InChI=1S/C13H21N3O/c1-14-10-11-4-3-5-13(15-11)17-9-8-16(2)12-6-7-12/h3-5,12,14H,6-10H2,1-2H3. The van der Waals surface area contributed by atoms with E-state index in [4.69, 9.17) is 4.74 Å². The van der Waals surface area contributed by atoms with E-state index in [1.54, 1.807) is 0 Å². The number of pyridine rings is 1. The Bertz CT molecular complexity index is 352. The third-order valence-electron chi connectivity index (χ3n) is 3.00. The second-order valence-corrected chi connectivity index (χ2v) is 4.56. The minimum atomic E-state index is 0.711. The maximum absolute atomic E-state index is 5.66. The van der Waals surface area contributed by atoms with Gasteiger partial charge >= 0.3 is 0 Å². The number of nitrogens with zero attached hydrogens (tertiary/aromatic N) is 2. The highest BCUT2D eigenvalue weighted by atomic mass is 16.5. The lowest BCUT2D eigenvalue weighted by molar-refractivity contribution is 0.226. The number of aromatic nitrogens is 1. The zero-order valence-corrected chi connectivity index (χ0v) is 10.6. The summed E-state index contributed by atoms with van der Waals surface area (Å²) >= 11 is 0. The summed E-state index contributed by atoms with van der Waals surface area (Å²) in [4.78, 5) is 6.78. The van der Waals surface area contributed by atoms with Crippen molar-refractivity contribution in [3.8, 4) is 5.88 Å².